The molecule has 0 bridgehead atoms. The van der Waals surface area contributed by atoms with Crippen LogP contribution in [0.4, 0.5) is 5.69 Å². The van der Waals surface area contributed by atoms with Crippen molar-refractivity contribution < 1.29 is 14.0 Å². The number of furan rings is 1. The minimum absolute atomic E-state index is 0.116. The van der Waals surface area contributed by atoms with Crippen LogP contribution in [0, 0.1) is 12.8 Å². The van der Waals surface area contributed by atoms with Crippen LogP contribution in [0.3, 0.4) is 0 Å². The monoisotopic (exact) mass is 504 g/mol. The van der Waals surface area contributed by atoms with Crippen molar-refractivity contribution in [3.05, 3.63) is 66.0 Å². The first kappa shape index (κ1) is 26.2. The number of nitrogens with zero attached hydrogens (tertiary/aromatic N) is 4. The maximum Gasteiger partial charge on any atom is 0.286 e. The van der Waals surface area contributed by atoms with E-state index in [1.807, 2.05) is 36.4 Å². The molecule has 9 heteroatoms. The predicted octanol–water partition coefficient (Wildman–Crippen LogP) is 4.27. The number of rotatable bonds is 6. The molecule has 0 saturated carbocycles. The number of hydrogen-bond acceptors (Lipinski definition) is 7. The highest BCUT2D eigenvalue weighted by Gasteiger charge is 2.30. The molecule has 2 atom stereocenters. The third kappa shape index (κ3) is 5.93. The van der Waals surface area contributed by atoms with Crippen LogP contribution in [0.2, 0.25) is 0 Å². The summed E-state index contributed by atoms with van der Waals surface area (Å²) < 4.78 is 5.28. The van der Waals surface area contributed by atoms with Crippen LogP contribution in [0.5, 0.6) is 0 Å². The van der Waals surface area contributed by atoms with Crippen molar-refractivity contribution in [1.82, 2.24) is 19.8 Å². The number of carbonyl (C=O) groups excluding carboxylic acids is 2. The maximum atomic E-state index is 11.1. The molecule has 0 aliphatic carbocycles. The molecule has 196 valence electrons. The minimum atomic E-state index is -0.602. The lowest BCUT2D eigenvalue weighted by Gasteiger charge is -2.43. The molecule has 0 spiro atoms. The molecule has 3 aromatic rings. The summed E-state index contributed by atoms with van der Waals surface area (Å²) in [5, 5.41) is 3.65. The van der Waals surface area contributed by atoms with Gasteiger partial charge in [0.1, 0.15) is 0 Å². The number of aromatic nitrogens is 2. The molecule has 5 heterocycles. The molecule has 0 aromatic carbocycles. The van der Waals surface area contributed by atoms with Gasteiger partial charge in [-0.1, -0.05) is 6.58 Å². The Labute approximate surface area is 217 Å². The largest absolute Gasteiger partial charge is 0.430 e. The summed E-state index contributed by atoms with van der Waals surface area (Å²) in [6, 6.07) is 8.35. The van der Waals surface area contributed by atoms with Crippen LogP contribution in [0.15, 0.2) is 53.4 Å². The molecule has 3 aromatic heterocycles. The summed E-state index contributed by atoms with van der Waals surface area (Å²) in [7, 11) is 1.70. The quantitative estimate of drug-likeness (QED) is 0.482. The summed E-state index contributed by atoms with van der Waals surface area (Å²) in [6.07, 6.45) is 10.6. The second-order valence-electron chi connectivity index (χ2n) is 9.64. The fourth-order valence-corrected chi connectivity index (χ4v) is 5.31. The highest BCUT2D eigenvalue weighted by molar-refractivity contribution is 6.04. The first-order valence-corrected chi connectivity index (χ1v) is 12.8. The van der Waals surface area contributed by atoms with Gasteiger partial charge in [-0.3, -0.25) is 14.6 Å². The van der Waals surface area contributed by atoms with Crippen LogP contribution < -0.4 is 11.1 Å². The summed E-state index contributed by atoms with van der Waals surface area (Å²) in [5.41, 5.74) is 9.58. The zero-order valence-corrected chi connectivity index (χ0v) is 21.7. The van der Waals surface area contributed by atoms with Crippen molar-refractivity contribution in [2.45, 2.75) is 45.1 Å². The highest BCUT2D eigenvalue weighted by Crippen LogP contribution is 2.37. The van der Waals surface area contributed by atoms with Crippen molar-refractivity contribution in [1.29, 1.82) is 0 Å². The van der Waals surface area contributed by atoms with Crippen molar-refractivity contribution in [2.75, 3.05) is 32.0 Å². The fourth-order valence-electron chi connectivity index (χ4n) is 5.31. The Morgan fingerprint density at radius 3 is 2.65 bits per heavy atom. The zero-order chi connectivity index (χ0) is 26.4. The highest BCUT2D eigenvalue weighted by atomic mass is 16.4. The molecule has 2 aliphatic heterocycles. The van der Waals surface area contributed by atoms with Crippen molar-refractivity contribution >= 4 is 29.1 Å². The summed E-state index contributed by atoms with van der Waals surface area (Å²) in [5.74, 6) is -0.0815. The van der Waals surface area contributed by atoms with Crippen LogP contribution >= 0.6 is 0 Å². The second kappa shape index (κ2) is 11.9. The standard InChI is InChI=1S/C18H25N3O.C10H11N3O2/c1-15(17-5-4-11-20(13-17)14-22)21-12-3-2-6-18(21)16-7-9-19-10-8-16;1-5-3-4-6-7(12-2)8(9(11)14)15-10(6)13-5/h7-10,14,17-18H,1-6,11-13H2;3-4,12H,1-2H3,(H2,11,14). The van der Waals surface area contributed by atoms with E-state index in [9.17, 15) is 9.59 Å². The molecule has 2 amide bonds. The topological polar surface area (TPSA) is 118 Å². The van der Waals surface area contributed by atoms with Gasteiger partial charge in [-0.05, 0) is 68.9 Å². The van der Waals surface area contributed by atoms with Gasteiger partial charge in [0.2, 0.25) is 17.9 Å². The molecule has 0 radical (unpaired) electrons. The van der Waals surface area contributed by atoms with Gasteiger partial charge in [-0.2, -0.15) is 0 Å². The average molecular weight is 505 g/mol. The Bertz CT molecular complexity index is 1240. The molecule has 3 N–H and O–H groups in total. The lowest BCUT2D eigenvalue weighted by molar-refractivity contribution is -0.119. The second-order valence-corrected chi connectivity index (χ2v) is 9.64. The molecule has 2 fully saturated rings. The van der Waals surface area contributed by atoms with Crippen LogP contribution in [0.25, 0.3) is 11.1 Å². The number of pyridine rings is 2. The number of anilines is 1. The molecule has 37 heavy (non-hydrogen) atoms. The van der Waals surface area contributed by atoms with E-state index in [2.05, 4.69) is 38.9 Å². The van der Waals surface area contributed by atoms with Crippen LogP contribution in [0.1, 0.15) is 60.0 Å². The van der Waals surface area contributed by atoms with E-state index in [0.29, 0.717) is 23.4 Å². The predicted molar refractivity (Wildman–Crippen MR) is 144 cm³/mol. The Morgan fingerprint density at radius 2 is 1.95 bits per heavy atom. The lowest BCUT2D eigenvalue weighted by Crippen LogP contribution is -2.41. The van der Waals surface area contributed by atoms with E-state index in [1.54, 1.807) is 7.05 Å². The molecule has 5 rings (SSSR count). The van der Waals surface area contributed by atoms with E-state index in [1.165, 1.54) is 30.5 Å². The first-order valence-electron chi connectivity index (χ1n) is 12.8. The van der Waals surface area contributed by atoms with Gasteiger partial charge in [-0.15, -0.1) is 0 Å². The number of aryl methyl sites for hydroxylation is 1. The van der Waals surface area contributed by atoms with Gasteiger partial charge in [0, 0.05) is 56.4 Å². The van der Waals surface area contributed by atoms with Gasteiger partial charge >= 0.3 is 0 Å². The van der Waals surface area contributed by atoms with Crippen molar-refractivity contribution in [3.8, 4) is 0 Å². The molecule has 2 aliphatic rings. The lowest BCUT2D eigenvalue weighted by atomic mass is 9.90. The number of likely N-dealkylation sites (tertiary alicyclic amines) is 2. The minimum Gasteiger partial charge on any atom is -0.430 e. The van der Waals surface area contributed by atoms with E-state index in [-0.39, 0.29) is 5.76 Å². The first-order chi connectivity index (χ1) is 17.9. The molecule has 2 saturated heterocycles. The van der Waals surface area contributed by atoms with Crippen molar-refractivity contribution in [3.63, 3.8) is 0 Å². The Morgan fingerprint density at radius 1 is 1.16 bits per heavy atom. The zero-order valence-electron chi connectivity index (χ0n) is 21.7. The molecular weight excluding hydrogens is 468 g/mol. The smallest absolute Gasteiger partial charge is 0.286 e. The Kier molecular flexibility index (Phi) is 8.43. The molecular formula is C28H36N6O3. The number of nitrogens with two attached hydrogens (primary N) is 1. The van der Waals surface area contributed by atoms with E-state index < -0.39 is 5.91 Å². The Hall–Kier alpha value is -3.88. The summed E-state index contributed by atoms with van der Waals surface area (Å²) in [4.78, 5) is 34.8. The Balaban J connectivity index is 0.000000186. The summed E-state index contributed by atoms with van der Waals surface area (Å²) in [6.45, 7) is 9.05. The normalized spacial score (nSPS) is 19.6. The molecule has 9 nitrogen and oxygen atoms in total. The summed E-state index contributed by atoms with van der Waals surface area (Å²) >= 11 is 0. The number of hydrogen-bond donors (Lipinski definition) is 2. The van der Waals surface area contributed by atoms with E-state index in [0.717, 1.165) is 50.0 Å². The number of carbonyl (C=O) groups is 2. The van der Waals surface area contributed by atoms with Gasteiger partial charge in [-0.25, -0.2) is 4.98 Å². The van der Waals surface area contributed by atoms with Gasteiger partial charge in [0.25, 0.3) is 5.91 Å². The van der Waals surface area contributed by atoms with E-state index >= 15 is 0 Å². The maximum absolute atomic E-state index is 11.1. The average Bonchev–Trinajstić information content (AvgIpc) is 3.31. The number of piperidine rings is 2. The fraction of sp³-hybridized carbons (Fsp3) is 0.429. The number of amides is 2. The number of primary amides is 1. The third-order valence-electron chi connectivity index (χ3n) is 7.20. The van der Waals surface area contributed by atoms with Crippen LogP contribution in [-0.2, 0) is 4.79 Å². The van der Waals surface area contributed by atoms with Gasteiger partial charge in [0.05, 0.1) is 17.1 Å². The SMILES string of the molecule is C=C(C1CCCN(C=O)C1)N1CCCCC1c1ccncc1.CNc1c(C(N)=O)oc2nc(C)ccc12. The van der Waals surface area contributed by atoms with Crippen molar-refractivity contribution in [2.24, 2.45) is 11.7 Å². The van der Waals surface area contributed by atoms with Crippen LogP contribution in [-0.4, -0.2) is 58.8 Å². The number of nitrogens with one attached hydrogen (secondary N) is 1. The van der Waals surface area contributed by atoms with Gasteiger partial charge in [0.15, 0.2) is 0 Å². The van der Waals surface area contributed by atoms with Gasteiger partial charge < -0.3 is 25.3 Å². The third-order valence-corrected chi connectivity index (χ3v) is 7.20. The molecule has 2 unspecified atom stereocenters. The van der Waals surface area contributed by atoms with E-state index in [4.69, 9.17) is 10.2 Å². The number of fused-ring (bicyclic) bond motifs is 1.